The zero-order valence-corrected chi connectivity index (χ0v) is 14.8. The van der Waals surface area contributed by atoms with Gasteiger partial charge in [0.25, 0.3) is 5.91 Å². The van der Waals surface area contributed by atoms with Crippen LogP contribution in [-0.4, -0.2) is 61.6 Å². The number of carbonyl (C=O) groups excluding carboxylic acids is 1. The van der Waals surface area contributed by atoms with Gasteiger partial charge in [0.15, 0.2) is 0 Å². The van der Waals surface area contributed by atoms with E-state index >= 15 is 0 Å². The van der Waals surface area contributed by atoms with Crippen molar-refractivity contribution in [3.63, 3.8) is 0 Å². The van der Waals surface area contributed by atoms with Crippen LogP contribution in [0.25, 0.3) is 10.1 Å². The topological polar surface area (TPSA) is 32.8 Å². The summed E-state index contributed by atoms with van der Waals surface area (Å²) in [5, 5.41) is 3.24. The minimum Gasteiger partial charge on any atom is -0.379 e. The zero-order valence-electron chi connectivity index (χ0n) is 13.9. The summed E-state index contributed by atoms with van der Waals surface area (Å²) in [4.78, 5) is 17.6. The van der Waals surface area contributed by atoms with Gasteiger partial charge in [-0.3, -0.25) is 9.69 Å². The summed E-state index contributed by atoms with van der Waals surface area (Å²) in [6, 6.07) is 8.15. The van der Waals surface area contributed by atoms with Crippen molar-refractivity contribution in [1.29, 1.82) is 0 Å². The maximum Gasteiger partial charge on any atom is 0.255 e. The van der Waals surface area contributed by atoms with Gasteiger partial charge in [0.05, 0.1) is 18.8 Å². The maximum absolute atomic E-state index is 13.0. The highest BCUT2D eigenvalue weighted by molar-refractivity contribution is 7.17. The molecule has 0 unspecified atom stereocenters. The van der Waals surface area contributed by atoms with Crippen molar-refractivity contribution in [2.45, 2.75) is 12.8 Å². The maximum atomic E-state index is 13.0. The molecule has 2 aromatic rings. The van der Waals surface area contributed by atoms with E-state index in [0.717, 1.165) is 62.6 Å². The summed E-state index contributed by atoms with van der Waals surface area (Å²) in [6.07, 6.45) is 2.34. The lowest BCUT2D eigenvalue weighted by atomic mass is 9.96. The van der Waals surface area contributed by atoms with E-state index < -0.39 is 0 Å². The van der Waals surface area contributed by atoms with Crippen molar-refractivity contribution >= 4 is 27.3 Å². The van der Waals surface area contributed by atoms with Crippen molar-refractivity contribution in [3.8, 4) is 0 Å². The van der Waals surface area contributed by atoms with Crippen LogP contribution in [0.5, 0.6) is 0 Å². The van der Waals surface area contributed by atoms with Gasteiger partial charge in [0.1, 0.15) is 0 Å². The molecule has 2 aliphatic rings. The van der Waals surface area contributed by atoms with Crippen molar-refractivity contribution < 1.29 is 9.53 Å². The fourth-order valence-electron chi connectivity index (χ4n) is 3.88. The van der Waals surface area contributed by atoms with Gasteiger partial charge in [-0.25, -0.2) is 0 Å². The van der Waals surface area contributed by atoms with Crippen molar-refractivity contribution in [3.05, 3.63) is 35.2 Å². The summed E-state index contributed by atoms with van der Waals surface area (Å²) in [5.41, 5.74) is 0.870. The molecule has 1 aromatic carbocycles. The Morgan fingerprint density at radius 1 is 1.21 bits per heavy atom. The number of hydrogen-bond donors (Lipinski definition) is 0. The highest BCUT2D eigenvalue weighted by Crippen LogP contribution is 2.27. The molecule has 5 heteroatoms. The second-order valence-electron chi connectivity index (χ2n) is 6.82. The number of benzene rings is 1. The van der Waals surface area contributed by atoms with Crippen molar-refractivity contribution in [2.75, 3.05) is 45.9 Å². The molecule has 4 rings (SSSR count). The summed E-state index contributed by atoms with van der Waals surface area (Å²) < 4.78 is 6.56. The van der Waals surface area contributed by atoms with E-state index in [1.54, 1.807) is 11.3 Å². The molecule has 1 amide bonds. The smallest absolute Gasteiger partial charge is 0.255 e. The van der Waals surface area contributed by atoms with Crippen LogP contribution in [0.2, 0.25) is 0 Å². The van der Waals surface area contributed by atoms with E-state index in [0.29, 0.717) is 5.92 Å². The number of rotatable bonds is 3. The fraction of sp³-hybridized carbons (Fsp3) is 0.526. The van der Waals surface area contributed by atoms with E-state index in [1.807, 2.05) is 12.1 Å². The van der Waals surface area contributed by atoms with Crippen LogP contribution < -0.4 is 0 Å². The molecule has 0 saturated carbocycles. The van der Waals surface area contributed by atoms with E-state index in [9.17, 15) is 4.79 Å². The molecule has 1 aromatic heterocycles. The van der Waals surface area contributed by atoms with Gasteiger partial charge in [-0.15, -0.1) is 11.3 Å². The number of likely N-dealkylation sites (tertiary alicyclic amines) is 1. The molecule has 0 aliphatic carbocycles. The molecule has 0 N–H and O–H groups in total. The van der Waals surface area contributed by atoms with Crippen LogP contribution in [0.3, 0.4) is 0 Å². The molecule has 0 spiro atoms. The number of fused-ring (bicyclic) bond motifs is 1. The Morgan fingerprint density at radius 3 is 2.96 bits per heavy atom. The summed E-state index contributed by atoms with van der Waals surface area (Å²) >= 11 is 1.67. The van der Waals surface area contributed by atoms with Crippen LogP contribution >= 0.6 is 11.3 Å². The van der Waals surface area contributed by atoms with Crippen LogP contribution in [0.15, 0.2) is 29.6 Å². The molecule has 2 fully saturated rings. The lowest BCUT2D eigenvalue weighted by Gasteiger charge is -2.36. The lowest BCUT2D eigenvalue weighted by Crippen LogP contribution is -2.46. The van der Waals surface area contributed by atoms with Crippen LogP contribution in [0.4, 0.5) is 0 Å². The predicted molar refractivity (Wildman–Crippen MR) is 97.7 cm³/mol. The van der Waals surface area contributed by atoms with Gasteiger partial charge in [0, 0.05) is 37.4 Å². The molecule has 1 atom stereocenters. The molecule has 0 bridgehead atoms. The summed E-state index contributed by atoms with van der Waals surface area (Å²) in [6.45, 7) is 6.61. The Morgan fingerprint density at radius 2 is 2.08 bits per heavy atom. The number of amides is 1. The van der Waals surface area contributed by atoms with Crippen LogP contribution in [0, 0.1) is 5.92 Å². The average Bonchev–Trinajstić information content (AvgIpc) is 3.11. The SMILES string of the molecule is O=C(c1cccc2ccsc12)N1CCC[C@H](CN2CCOCC2)C1. The molecule has 2 aliphatic heterocycles. The molecule has 4 nitrogen and oxygen atoms in total. The molecule has 0 radical (unpaired) electrons. The fourth-order valence-corrected chi connectivity index (χ4v) is 4.78. The molecule has 128 valence electrons. The third kappa shape index (κ3) is 3.34. The number of morpholine rings is 1. The number of piperidine rings is 1. The number of thiophene rings is 1. The van der Waals surface area contributed by atoms with Gasteiger partial charge in [0.2, 0.25) is 0 Å². The third-order valence-electron chi connectivity index (χ3n) is 5.14. The molecule has 2 saturated heterocycles. The normalized spacial score (nSPS) is 22.8. The first-order valence-electron chi connectivity index (χ1n) is 8.87. The Kier molecular flexibility index (Phi) is 4.83. The second-order valence-corrected chi connectivity index (χ2v) is 7.73. The monoisotopic (exact) mass is 344 g/mol. The van der Waals surface area contributed by atoms with Crippen molar-refractivity contribution in [2.24, 2.45) is 5.92 Å². The highest BCUT2D eigenvalue weighted by Gasteiger charge is 2.27. The number of nitrogens with zero attached hydrogens (tertiary/aromatic N) is 2. The Balaban J connectivity index is 1.45. The third-order valence-corrected chi connectivity index (χ3v) is 6.10. The van der Waals surface area contributed by atoms with E-state index in [1.165, 1.54) is 11.8 Å². The van der Waals surface area contributed by atoms with E-state index in [4.69, 9.17) is 4.74 Å². The Labute approximate surface area is 147 Å². The predicted octanol–water partition coefficient (Wildman–Crippen LogP) is 3.09. The van der Waals surface area contributed by atoms with Crippen LogP contribution in [-0.2, 0) is 4.74 Å². The number of carbonyl (C=O) groups is 1. The largest absolute Gasteiger partial charge is 0.379 e. The number of ether oxygens (including phenoxy) is 1. The molecule has 24 heavy (non-hydrogen) atoms. The van der Waals surface area contributed by atoms with Gasteiger partial charge in [-0.05, 0) is 41.7 Å². The minimum absolute atomic E-state index is 0.203. The average molecular weight is 344 g/mol. The van der Waals surface area contributed by atoms with E-state index in [-0.39, 0.29) is 5.91 Å². The summed E-state index contributed by atoms with van der Waals surface area (Å²) in [7, 11) is 0. The Bertz CT molecular complexity index is 708. The van der Waals surface area contributed by atoms with Gasteiger partial charge >= 0.3 is 0 Å². The molecular formula is C19H24N2O2S. The first-order chi connectivity index (χ1) is 11.8. The Hall–Kier alpha value is -1.43. The molecular weight excluding hydrogens is 320 g/mol. The minimum atomic E-state index is 0.203. The first-order valence-corrected chi connectivity index (χ1v) is 9.75. The van der Waals surface area contributed by atoms with Gasteiger partial charge < -0.3 is 9.64 Å². The second kappa shape index (κ2) is 7.21. The lowest BCUT2D eigenvalue weighted by molar-refractivity contribution is 0.0224. The van der Waals surface area contributed by atoms with Gasteiger partial charge in [-0.2, -0.15) is 0 Å². The highest BCUT2D eigenvalue weighted by atomic mass is 32.1. The first kappa shape index (κ1) is 16.1. The van der Waals surface area contributed by atoms with Gasteiger partial charge in [-0.1, -0.05) is 12.1 Å². The van der Waals surface area contributed by atoms with Crippen molar-refractivity contribution in [1.82, 2.24) is 9.80 Å². The van der Waals surface area contributed by atoms with Crippen LogP contribution in [0.1, 0.15) is 23.2 Å². The van der Waals surface area contributed by atoms with E-state index in [2.05, 4.69) is 27.3 Å². The molecule has 3 heterocycles. The standard InChI is InChI=1S/C19H24N2O2S/c22-19(17-5-1-4-16-6-12-24-18(16)17)21-7-2-3-15(14-21)13-20-8-10-23-11-9-20/h1,4-6,12,15H,2-3,7-11,13-14H2/t15-/m1/s1. The quantitative estimate of drug-likeness (QED) is 0.858. The summed E-state index contributed by atoms with van der Waals surface area (Å²) in [5.74, 6) is 0.790. The number of hydrogen-bond acceptors (Lipinski definition) is 4. The zero-order chi connectivity index (χ0) is 16.4.